The summed E-state index contributed by atoms with van der Waals surface area (Å²) in [5, 5.41) is 0. The van der Waals surface area contributed by atoms with E-state index in [0.717, 1.165) is 30.1 Å². The number of amides is 2. The van der Waals surface area contributed by atoms with Gasteiger partial charge in [0.2, 0.25) is 0 Å². The molecule has 0 aliphatic rings. The first-order valence-electron chi connectivity index (χ1n) is 9.72. The molecule has 7 heteroatoms. The van der Waals surface area contributed by atoms with Gasteiger partial charge >= 0.3 is 0 Å². The van der Waals surface area contributed by atoms with Gasteiger partial charge in [0.15, 0.2) is 0 Å². The fourth-order valence-corrected chi connectivity index (χ4v) is 2.99. The molecule has 0 unspecified atom stereocenters. The first-order chi connectivity index (χ1) is 14.0. The van der Waals surface area contributed by atoms with Gasteiger partial charge in [0.05, 0.1) is 13.7 Å². The van der Waals surface area contributed by atoms with Crippen LogP contribution in [0.2, 0.25) is 0 Å². The Morgan fingerprint density at radius 1 is 0.931 bits per heavy atom. The normalized spacial score (nSPS) is 10.5. The number of hydrogen-bond acceptors (Lipinski definition) is 5. The van der Waals surface area contributed by atoms with E-state index in [0.29, 0.717) is 12.1 Å². The van der Waals surface area contributed by atoms with Crippen LogP contribution >= 0.6 is 0 Å². The van der Waals surface area contributed by atoms with Crippen LogP contribution in [0.1, 0.15) is 29.8 Å². The van der Waals surface area contributed by atoms with Crippen molar-refractivity contribution in [2.75, 3.05) is 38.7 Å². The molecule has 2 aromatic carbocycles. The molecule has 7 nitrogen and oxygen atoms in total. The first kappa shape index (κ1) is 22.2. The van der Waals surface area contributed by atoms with Gasteiger partial charge in [-0.25, -0.2) is 0 Å². The summed E-state index contributed by atoms with van der Waals surface area (Å²) in [5.74, 6) is 0.165. The van der Waals surface area contributed by atoms with Gasteiger partial charge < -0.3 is 9.64 Å². The SMILES string of the molecule is CCN(CC)c1ccc(C(=O)NNC(=O)CN(C)Cc2ccc(OC)cc2)cc1. The molecule has 0 fully saturated rings. The molecule has 29 heavy (non-hydrogen) atoms. The lowest BCUT2D eigenvalue weighted by Crippen LogP contribution is -2.45. The number of nitrogens with one attached hydrogen (secondary N) is 2. The number of rotatable bonds is 9. The van der Waals surface area contributed by atoms with E-state index in [2.05, 4.69) is 29.6 Å². The zero-order valence-electron chi connectivity index (χ0n) is 17.6. The number of carbonyl (C=O) groups is 2. The first-order valence-corrected chi connectivity index (χ1v) is 9.72. The summed E-state index contributed by atoms with van der Waals surface area (Å²) in [6.45, 7) is 6.76. The molecule has 0 atom stereocenters. The van der Waals surface area contributed by atoms with Crippen LogP contribution in [-0.2, 0) is 11.3 Å². The maximum absolute atomic E-state index is 12.2. The van der Waals surface area contributed by atoms with Crippen LogP contribution in [0, 0.1) is 0 Å². The molecule has 156 valence electrons. The predicted octanol–water partition coefficient (Wildman–Crippen LogP) is 2.43. The molecule has 0 heterocycles. The van der Waals surface area contributed by atoms with Gasteiger partial charge in [0.1, 0.15) is 5.75 Å². The predicted molar refractivity (Wildman–Crippen MR) is 115 cm³/mol. The van der Waals surface area contributed by atoms with Crippen LogP contribution in [0.4, 0.5) is 5.69 Å². The highest BCUT2D eigenvalue weighted by atomic mass is 16.5. The Morgan fingerprint density at radius 3 is 2.10 bits per heavy atom. The summed E-state index contributed by atoms with van der Waals surface area (Å²) in [6.07, 6.45) is 0. The van der Waals surface area contributed by atoms with E-state index in [1.165, 1.54) is 0 Å². The third-order valence-electron chi connectivity index (χ3n) is 4.60. The molecule has 2 rings (SSSR count). The Hall–Kier alpha value is -3.06. The zero-order chi connectivity index (χ0) is 21.2. The van der Waals surface area contributed by atoms with Crippen molar-refractivity contribution in [3.63, 3.8) is 0 Å². The highest BCUT2D eigenvalue weighted by Crippen LogP contribution is 2.15. The molecule has 0 radical (unpaired) electrons. The van der Waals surface area contributed by atoms with E-state index >= 15 is 0 Å². The van der Waals surface area contributed by atoms with Gasteiger partial charge in [0.25, 0.3) is 11.8 Å². The third kappa shape index (κ3) is 6.80. The molecule has 0 saturated heterocycles. The smallest absolute Gasteiger partial charge is 0.269 e. The molecule has 0 spiro atoms. The standard InChI is InChI=1S/C22H30N4O3/c1-5-26(6-2)19-11-9-18(10-12-19)22(28)24-23-21(27)16-25(3)15-17-7-13-20(29-4)14-8-17/h7-14H,5-6,15-16H2,1-4H3,(H,23,27)(H,24,28). The van der Waals surface area contributed by atoms with Gasteiger partial charge in [0, 0.05) is 30.9 Å². The van der Waals surface area contributed by atoms with Crippen molar-refractivity contribution in [3.8, 4) is 5.75 Å². The number of likely N-dealkylation sites (N-methyl/N-ethyl adjacent to an activating group) is 1. The third-order valence-corrected chi connectivity index (χ3v) is 4.60. The van der Waals surface area contributed by atoms with Gasteiger partial charge in [-0.3, -0.25) is 25.3 Å². The lowest BCUT2D eigenvalue weighted by atomic mass is 10.2. The summed E-state index contributed by atoms with van der Waals surface area (Å²) in [4.78, 5) is 28.4. The average molecular weight is 399 g/mol. The van der Waals surface area contributed by atoms with Crippen LogP contribution < -0.4 is 20.5 Å². The topological polar surface area (TPSA) is 73.9 Å². The van der Waals surface area contributed by atoms with Gasteiger partial charge in [-0.15, -0.1) is 0 Å². The van der Waals surface area contributed by atoms with Crippen molar-refractivity contribution < 1.29 is 14.3 Å². The molecule has 2 aromatic rings. The molecular formula is C22H30N4O3. The maximum Gasteiger partial charge on any atom is 0.269 e. The Kier molecular flexibility index (Phi) is 8.48. The van der Waals surface area contributed by atoms with Crippen molar-refractivity contribution >= 4 is 17.5 Å². The van der Waals surface area contributed by atoms with Crippen LogP contribution in [-0.4, -0.2) is 50.5 Å². The Morgan fingerprint density at radius 2 is 1.55 bits per heavy atom. The average Bonchev–Trinajstić information content (AvgIpc) is 2.74. The molecule has 2 N–H and O–H groups in total. The lowest BCUT2D eigenvalue weighted by Gasteiger charge is -2.21. The van der Waals surface area contributed by atoms with E-state index in [-0.39, 0.29) is 18.4 Å². The van der Waals surface area contributed by atoms with Crippen molar-refractivity contribution in [1.29, 1.82) is 0 Å². The fourth-order valence-electron chi connectivity index (χ4n) is 2.99. The highest BCUT2D eigenvalue weighted by Gasteiger charge is 2.11. The van der Waals surface area contributed by atoms with Crippen molar-refractivity contribution in [2.24, 2.45) is 0 Å². The van der Waals surface area contributed by atoms with E-state index < -0.39 is 0 Å². The number of ether oxygens (including phenoxy) is 1. The largest absolute Gasteiger partial charge is 0.497 e. The number of benzene rings is 2. The molecule has 2 amide bonds. The quantitative estimate of drug-likeness (QED) is 0.635. The van der Waals surface area contributed by atoms with E-state index in [1.807, 2.05) is 48.3 Å². The number of methoxy groups -OCH3 is 1. The van der Waals surface area contributed by atoms with Crippen LogP contribution in [0.15, 0.2) is 48.5 Å². The molecule has 0 aromatic heterocycles. The van der Waals surface area contributed by atoms with Crippen LogP contribution in [0.5, 0.6) is 5.75 Å². The summed E-state index contributed by atoms with van der Waals surface area (Å²) in [5.41, 5.74) is 7.56. The minimum absolute atomic E-state index is 0.160. The van der Waals surface area contributed by atoms with Crippen LogP contribution in [0.25, 0.3) is 0 Å². The lowest BCUT2D eigenvalue weighted by molar-refractivity contribution is -0.122. The number of hydrogen-bond donors (Lipinski definition) is 2. The summed E-state index contributed by atoms with van der Waals surface area (Å²) >= 11 is 0. The number of nitrogens with zero attached hydrogens (tertiary/aromatic N) is 2. The second-order valence-electron chi connectivity index (χ2n) is 6.74. The second kappa shape index (κ2) is 11.1. The van der Waals surface area contributed by atoms with E-state index in [9.17, 15) is 9.59 Å². The molecule has 0 aliphatic heterocycles. The summed E-state index contributed by atoms with van der Waals surface area (Å²) < 4.78 is 5.14. The zero-order valence-corrected chi connectivity index (χ0v) is 17.6. The Bertz CT molecular complexity index is 787. The molecular weight excluding hydrogens is 368 g/mol. The van der Waals surface area contributed by atoms with E-state index in [1.54, 1.807) is 19.2 Å². The maximum atomic E-state index is 12.2. The minimum atomic E-state index is -0.345. The number of anilines is 1. The second-order valence-corrected chi connectivity index (χ2v) is 6.74. The fraction of sp³-hybridized carbons (Fsp3) is 0.364. The molecule has 0 aliphatic carbocycles. The van der Waals surface area contributed by atoms with Crippen molar-refractivity contribution in [2.45, 2.75) is 20.4 Å². The van der Waals surface area contributed by atoms with Crippen LogP contribution in [0.3, 0.4) is 0 Å². The summed E-state index contributed by atoms with van der Waals surface area (Å²) in [6, 6.07) is 15.0. The van der Waals surface area contributed by atoms with Gasteiger partial charge in [-0.1, -0.05) is 12.1 Å². The Labute approximate surface area is 172 Å². The molecule has 0 bridgehead atoms. The van der Waals surface area contributed by atoms with Gasteiger partial charge in [-0.05, 0) is 62.9 Å². The molecule has 0 saturated carbocycles. The number of hydrazine groups is 1. The van der Waals surface area contributed by atoms with Crippen molar-refractivity contribution in [1.82, 2.24) is 15.8 Å². The van der Waals surface area contributed by atoms with Crippen molar-refractivity contribution in [3.05, 3.63) is 59.7 Å². The highest BCUT2D eigenvalue weighted by molar-refractivity contribution is 5.95. The number of carbonyl (C=O) groups excluding carboxylic acids is 2. The Balaban J connectivity index is 1.79. The van der Waals surface area contributed by atoms with E-state index in [4.69, 9.17) is 4.74 Å². The monoisotopic (exact) mass is 398 g/mol. The minimum Gasteiger partial charge on any atom is -0.497 e. The summed E-state index contributed by atoms with van der Waals surface area (Å²) in [7, 11) is 3.47. The van der Waals surface area contributed by atoms with Gasteiger partial charge in [-0.2, -0.15) is 0 Å².